The zero-order chi connectivity index (χ0) is 17.6. The van der Waals surface area contributed by atoms with Gasteiger partial charge in [-0.1, -0.05) is 12.1 Å². The van der Waals surface area contributed by atoms with Crippen LogP contribution in [0.1, 0.15) is 12.8 Å². The molecule has 0 radical (unpaired) electrons. The van der Waals surface area contributed by atoms with Crippen LogP contribution < -0.4 is 10.2 Å². The van der Waals surface area contributed by atoms with E-state index in [9.17, 15) is 14.0 Å². The van der Waals surface area contributed by atoms with Crippen molar-refractivity contribution in [1.82, 2.24) is 10.2 Å². The molecule has 25 heavy (non-hydrogen) atoms. The van der Waals surface area contributed by atoms with Gasteiger partial charge in [0.15, 0.2) is 0 Å². The molecule has 1 aromatic rings. The standard InChI is InChI=1S/C18H24FN3O3/c19-15-4-1-2-5-16(15)22-13-14(12-17(22)23)18(24)20-6-3-7-21-8-10-25-11-9-21/h1-2,4-5,14H,3,6-13H2,(H,20,24). The van der Waals surface area contributed by atoms with Crippen molar-refractivity contribution >= 4 is 17.5 Å². The number of benzene rings is 1. The Labute approximate surface area is 146 Å². The minimum atomic E-state index is -0.442. The van der Waals surface area contributed by atoms with Gasteiger partial charge in [0.05, 0.1) is 24.8 Å². The first-order valence-corrected chi connectivity index (χ1v) is 8.78. The molecule has 1 N–H and O–H groups in total. The maximum absolute atomic E-state index is 13.9. The molecule has 0 bridgehead atoms. The summed E-state index contributed by atoms with van der Waals surface area (Å²) < 4.78 is 19.2. The van der Waals surface area contributed by atoms with Crippen LogP contribution in [0, 0.1) is 11.7 Å². The van der Waals surface area contributed by atoms with E-state index in [2.05, 4.69) is 10.2 Å². The van der Waals surface area contributed by atoms with Crippen LogP contribution >= 0.6 is 0 Å². The van der Waals surface area contributed by atoms with Crippen LogP contribution in [0.15, 0.2) is 24.3 Å². The van der Waals surface area contributed by atoms with E-state index >= 15 is 0 Å². The summed E-state index contributed by atoms with van der Waals surface area (Å²) in [6, 6.07) is 6.15. The fourth-order valence-corrected chi connectivity index (χ4v) is 3.27. The molecule has 2 saturated heterocycles. The van der Waals surface area contributed by atoms with Gasteiger partial charge in [-0.15, -0.1) is 0 Å². The van der Waals surface area contributed by atoms with E-state index in [-0.39, 0.29) is 30.5 Å². The summed E-state index contributed by atoms with van der Waals surface area (Å²) in [6.07, 6.45) is 0.993. The summed E-state index contributed by atoms with van der Waals surface area (Å²) in [7, 11) is 0. The van der Waals surface area contributed by atoms with E-state index in [0.717, 1.165) is 39.3 Å². The summed E-state index contributed by atoms with van der Waals surface area (Å²) in [6.45, 7) is 5.14. The molecule has 2 aliphatic heterocycles. The van der Waals surface area contributed by atoms with E-state index in [1.54, 1.807) is 18.2 Å². The van der Waals surface area contributed by atoms with Gasteiger partial charge in [0.2, 0.25) is 11.8 Å². The second kappa shape index (κ2) is 8.40. The summed E-state index contributed by atoms with van der Waals surface area (Å²) in [5.41, 5.74) is 0.245. The van der Waals surface area contributed by atoms with E-state index in [1.165, 1.54) is 11.0 Å². The molecule has 7 heteroatoms. The van der Waals surface area contributed by atoms with Gasteiger partial charge in [-0.3, -0.25) is 14.5 Å². The highest BCUT2D eigenvalue weighted by Crippen LogP contribution is 2.27. The van der Waals surface area contributed by atoms with Gasteiger partial charge in [0.25, 0.3) is 0 Å². The summed E-state index contributed by atoms with van der Waals surface area (Å²) >= 11 is 0. The fraction of sp³-hybridized carbons (Fsp3) is 0.556. The maximum atomic E-state index is 13.9. The van der Waals surface area contributed by atoms with Crippen LogP contribution in [0.3, 0.4) is 0 Å². The third-order valence-electron chi connectivity index (χ3n) is 4.69. The molecule has 3 rings (SSSR count). The molecule has 2 aliphatic rings. The molecule has 0 saturated carbocycles. The minimum Gasteiger partial charge on any atom is -0.379 e. The van der Waals surface area contributed by atoms with Gasteiger partial charge >= 0.3 is 0 Å². The van der Waals surface area contributed by atoms with Crippen molar-refractivity contribution < 1.29 is 18.7 Å². The Balaban J connectivity index is 1.44. The Bertz CT molecular complexity index is 619. The van der Waals surface area contributed by atoms with Gasteiger partial charge in [-0.25, -0.2) is 4.39 Å². The largest absolute Gasteiger partial charge is 0.379 e. The Morgan fingerprint density at radius 1 is 1.28 bits per heavy atom. The number of halogens is 1. The lowest BCUT2D eigenvalue weighted by Crippen LogP contribution is -2.39. The van der Waals surface area contributed by atoms with E-state index in [0.29, 0.717) is 6.54 Å². The highest BCUT2D eigenvalue weighted by Gasteiger charge is 2.35. The van der Waals surface area contributed by atoms with Crippen molar-refractivity contribution in [2.45, 2.75) is 12.8 Å². The number of para-hydroxylation sites is 1. The topological polar surface area (TPSA) is 61.9 Å². The predicted octanol–water partition coefficient (Wildman–Crippen LogP) is 1.02. The molecule has 1 atom stereocenters. The van der Waals surface area contributed by atoms with Crippen molar-refractivity contribution in [2.75, 3.05) is 50.8 Å². The van der Waals surface area contributed by atoms with Gasteiger partial charge in [-0.2, -0.15) is 0 Å². The molecule has 136 valence electrons. The highest BCUT2D eigenvalue weighted by atomic mass is 19.1. The Morgan fingerprint density at radius 3 is 2.80 bits per heavy atom. The third kappa shape index (κ3) is 4.55. The molecule has 0 aromatic heterocycles. The third-order valence-corrected chi connectivity index (χ3v) is 4.69. The molecule has 2 amide bonds. The second-order valence-corrected chi connectivity index (χ2v) is 6.46. The van der Waals surface area contributed by atoms with E-state index in [1.807, 2.05) is 0 Å². The van der Waals surface area contributed by atoms with Crippen LogP contribution in [0.4, 0.5) is 10.1 Å². The van der Waals surface area contributed by atoms with Crippen molar-refractivity contribution in [3.63, 3.8) is 0 Å². The summed E-state index contributed by atoms with van der Waals surface area (Å²) in [5.74, 6) is -1.20. The first-order chi connectivity index (χ1) is 12.1. The van der Waals surface area contributed by atoms with Gasteiger partial charge in [0.1, 0.15) is 5.82 Å². The van der Waals surface area contributed by atoms with Crippen molar-refractivity contribution in [3.05, 3.63) is 30.1 Å². The van der Waals surface area contributed by atoms with Crippen LogP contribution in [0.2, 0.25) is 0 Å². The highest BCUT2D eigenvalue weighted by molar-refractivity contribution is 6.00. The molecular formula is C18H24FN3O3. The van der Waals surface area contributed by atoms with Crippen LogP contribution in [0.5, 0.6) is 0 Å². The maximum Gasteiger partial charge on any atom is 0.227 e. The summed E-state index contributed by atoms with van der Waals surface area (Å²) in [4.78, 5) is 28.1. The van der Waals surface area contributed by atoms with Crippen LogP contribution in [-0.4, -0.2) is 62.7 Å². The second-order valence-electron chi connectivity index (χ2n) is 6.46. The SMILES string of the molecule is O=C(NCCCN1CCOCC1)C1CC(=O)N(c2ccccc2F)C1. The Kier molecular flexibility index (Phi) is 5.99. The Hall–Kier alpha value is -1.99. The number of hydrogen-bond donors (Lipinski definition) is 1. The van der Waals surface area contributed by atoms with Crippen LogP contribution in [-0.2, 0) is 14.3 Å². The number of anilines is 1. The zero-order valence-corrected chi connectivity index (χ0v) is 14.2. The number of nitrogens with one attached hydrogen (secondary N) is 1. The minimum absolute atomic E-state index is 0.129. The molecule has 6 nitrogen and oxygen atoms in total. The molecule has 1 aromatic carbocycles. The average Bonchev–Trinajstić information content (AvgIpc) is 3.01. The molecular weight excluding hydrogens is 325 g/mol. The van der Waals surface area contributed by atoms with Crippen molar-refractivity contribution in [2.24, 2.45) is 5.92 Å². The number of nitrogens with zero attached hydrogens (tertiary/aromatic N) is 2. The monoisotopic (exact) mass is 349 g/mol. The zero-order valence-electron chi connectivity index (χ0n) is 14.2. The van der Waals surface area contributed by atoms with Gasteiger partial charge < -0.3 is 15.0 Å². The number of rotatable bonds is 6. The lowest BCUT2D eigenvalue weighted by Gasteiger charge is -2.26. The van der Waals surface area contributed by atoms with E-state index in [4.69, 9.17) is 4.74 Å². The average molecular weight is 349 g/mol. The van der Waals surface area contributed by atoms with E-state index < -0.39 is 11.7 Å². The first kappa shape index (κ1) is 17.8. The molecule has 2 heterocycles. The number of hydrogen-bond acceptors (Lipinski definition) is 4. The number of carbonyl (C=O) groups excluding carboxylic acids is 2. The van der Waals surface area contributed by atoms with Gasteiger partial charge in [0, 0.05) is 32.6 Å². The molecule has 0 aliphatic carbocycles. The lowest BCUT2D eigenvalue weighted by molar-refractivity contribution is -0.126. The van der Waals surface area contributed by atoms with Crippen molar-refractivity contribution in [3.8, 4) is 0 Å². The molecule has 0 spiro atoms. The van der Waals surface area contributed by atoms with Crippen molar-refractivity contribution in [1.29, 1.82) is 0 Å². The quantitative estimate of drug-likeness (QED) is 0.779. The molecule has 2 fully saturated rings. The predicted molar refractivity (Wildman–Crippen MR) is 91.7 cm³/mol. The lowest BCUT2D eigenvalue weighted by atomic mass is 10.1. The number of morpholine rings is 1. The fourth-order valence-electron chi connectivity index (χ4n) is 3.27. The Morgan fingerprint density at radius 2 is 2.04 bits per heavy atom. The van der Waals surface area contributed by atoms with Gasteiger partial charge in [-0.05, 0) is 25.1 Å². The normalized spacial score (nSPS) is 21.6. The summed E-state index contributed by atoms with van der Waals surface area (Å²) in [5, 5.41) is 2.90. The number of amides is 2. The van der Waals surface area contributed by atoms with Crippen LogP contribution in [0.25, 0.3) is 0 Å². The first-order valence-electron chi connectivity index (χ1n) is 8.78. The smallest absolute Gasteiger partial charge is 0.227 e. The number of carbonyl (C=O) groups is 2. The molecule has 1 unspecified atom stereocenters. The number of ether oxygens (including phenoxy) is 1.